The van der Waals surface area contributed by atoms with Crippen LogP contribution < -0.4 is 4.74 Å². The van der Waals surface area contributed by atoms with Crippen molar-refractivity contribution in [2.24, 2.45) is 0 Å². The zero-order valence-electron chi connectivity index (χ0n) is 11.5. The van der Waals surface area contributed by atoms with Crippen molar-refractivity contribution < 1.29 is 14.3 Å². The first-order chi connectivity index (χ1) is 9.54. The predicted molar refractivity (Wildman–Crippen MR) is 84.6 cm³/mol. The van der Waals surface area contributed by atoms with Crippen LogP contribution in [0.5, 0.6) is 5.75 Å². The van der Waals surface area contributed by atoms with Gasteiger partial charge in [0, 0.05) is 0 Å². The van der Waals surface area contributed by atoms with E-state index in [2.05, 4.69) is 15.9 Å². The molecule has 1 heterocycles. The summed E-state index contributed by atoms with van der Waals surface area (Å²) in [6.45, 7) is 3.85. The Bertz CT molecular complexity index is 605. The van der Waals surface area contributed by atoms with Crippen LogP contribution in [-0.4, -0.2) is 19.2 Å². The first kappa shape index (κ1) is 15.1. The van der Waals surface area contributed by atoms with Crippen molar-refractivity contribution in [1.82, 2.24) is 0 Å². The summed E-state index contributed by atoms with van der Waals surface area (Å²) < 4.78 is 11.4. The fourth-order valence-electron chi connectivity index (χ4n) is 1.74. The minimum absolute atomic E-state index is 0.0204. The van der Waals surface area contributed by atoms with Crippen molar-refractivity contribution in [2.45, 2.75) is 20.0 Å². The molecule has 2 aromatic rings. The Kier molecular flexibility index (Phi) is 4.83. The molecule has 0 aliphatic heterocycles. The summed E-state index contributed by atoms with van der Waals surface area (Å²) in [6.07, 6.45) is -0.0204. The molecule has 0 aliphatic carbocycles. The second-order valence-corrected chi connectivity index (χ2v) is 6.24. The Morgan fingerprint density at radius 1 is 1.25 bits per heavy atom. The summed E-state index contributed by atoms with van der Waals surface area (Å²) in [6, 6.07) is 9.87. The number of carbonyl (C=O) groups is 1. The van der Waals surface area contributed by atoms with E-state index in [4.69, 9.17) is 9.47 Å². The number of ether oxygens (including phenoxy) is 2. The maximum atomic E-state index is 11.9. The Morgan fingerprint density at radius 3 is 2.45 bits per heavy atom. The molecule has 0 aliphatic rings. The third kappa shape index (κ3) is 3.04. The zero-order valence-corrected chi connectivity index (χ0v) is 13.9. The summed E-state index contributed by atoms with van der Waals surface area (Å²) in [5, 5.41) is 0. The van der Waals surface area contributed by atoms with E-state index < -0.39 is 0 Å². The van der Waals surface area contributed by atoms with Crippen LogP contribution in [0.1, 0.15) is 23.5 Å². The molecule has 2 rings (SSSR count). The van der Waals surface area contributed by atoms with Crippen LogP contribution in [0.25, 0.3) is 10.4 Å². The number of methoxy groups -OCH3 is 1. The van der Waals surface area contributed by atoms with Crippen LogP contribution in [0.4, 0.5) is 0 Å². The molecular formula is C15H15BrO3S. The Balaban J connectivity index is 2.55. The molecule has 0 saturated heterocycles. The van der Waals surface area contributed by atoms with Crippen LogP contribution in [-0.2, 0) is 4.74 Å². The van der Waals surface area contributed by atoms with Gasteiger partial charge in [0.25, 0.3) is 0 Å². The van der Waals surface area contributed by atoms with Crippen LogP contribution >= 0.6 is 27.3 Å². The van der Waals surface area contributed by atoms with E-state index in [1.165, 1.54) is 18.4 Å². The number of halogens is 1. The van der Waals surface area contributed by atoms with Crippen molar-refractivity contribution in [3.8, 4) is 16.2 Å². The molecule has 0 spiro atoms. The normalized spacial score (nSPS) is 10.7. The lowest BCUT2D eigenvalue weighted by molar-refractivity contribution is 0.0600. The van der Waals surface area contributed by atoms with Gasteiger partial charge in [-0.15, -0.1) is 11.3 Å². The third-order valence-electron chi connectivity index (χ3n) is 2.57. The highest BCUT2D eigenvalue weighted by Gasteiger charge is 2.25. The monoisotopic (exact) mass is 354 g/mol. The van der Waals surface area contributed by atoms with Crippen LogP contribution in [0.15, 0.2) is 34.8 Å². The lowest BCUT2D eigenvalue weighted by atomic mass is 10.2. The maximum absolute atomic E-state index is 11.9. The summed E-state index contributed by atoms with van der Waals surface area (Å²) in [5.74, 6) is 0.171. The summed E-state index contributed by atoms with van der Waals surface area (Å²) >= 11 is 4.91. The van der Waals surface area contributed by atoms with E-state index in [1.807, 2.05) is 44.2 Å². The fourth-order valence-corrected chi connectivity index (χ4v) is 3.68. The molecule has 0 radical (unpaired) electrons. The van der Waals surface area contributed by atoms with Crippen molar-refractivity contribution in [3.05, 3.63) is 39.7 Å². The van der Waals surface area contributed by atoms with E-state index in [1.54, 1.807) is 0 Å². The maximum Gasteiger partial charge on any atom is 0.351 e. The molecule has 0 N–H and O–H groups in total. The Hall–Kier alpha value is -1.33. The van der Waals surface area contributed by atoms with Gasteiger partial charge >= 0.3 is 5.97 Å². The number of benzene rings is 1. The van der Waals surface area contributed by atoms with E-state index in [9.17, 15) is 4.79 Å². The van der Waals surface area contributed by atoms with Gasteiger partial charge in [-0.25, -0.2) is 4.79 Å². The van der Waals surface area contributed by atoms with E-state index in [-0.39, 0.29) is 12.1 Å². The van der Waals surface area contributed by atoms with Gasteiger partial charge in [0.15, 0.2) is 10.6 Å². The molecule has 0 amide bonds. The highest BCUT2D eigenvalue weighted by molar-refractivity contribution is 9.10. The topological polar surface area (TPSA) is 35.5 Å². The lowest BCUT2D eigenvalue weighted by Crippen LogP contribution is -2.09. The second kappa shape index (κ2) is 6.41. The Labute approximate surface area is 130 Å². The fraction of sp³-hybridized carbons (Fsp3) is 0.267. The number of carbonyl (C=O) groups excluding carboxylic acids is 1. The standard InChI is InChI=1S/C15H15BrO3S/c1-9(2)19-12-11(16)13(10-7-5-4-6-8-10)20-14(12)15(17)18-3/h4-9H,1-3H3. The molecule has 0 unspecified atom stereocenters. The molecule has 1 aromatic heterocycles. The average Bonchev–Trinajstić information content (AvgIpc) is 2.76. The molecule has 0 saturated carbocycles. The average molecular weight is 355 g/mol. The number of thiophene rings is 1. The van der Waals surface area contributed by atoms with Gasteiger partial charge in [-0.2, -0.15) is 0 Å². The molecule has 3 nitrogen and oxygen atoms in total. The van der Waals surface area contributed by atoms with E-state index >= 15 is 0 Å². The van der Waals surface area contributed by atoms with E-state index in [0.717, 1.165) is 14.9 Å². The van der Waals surface area contributed by atoms with Crippen LogP contribution in [0.2, 0.25) is 0 Å². The van der Waals surface area contributed by atoms with Crippen molar-refractivity contribution in [3.63, 3.8) is 0 Å². The number of rotatable bonds is 4. The van der Waals surface area contributed by atoms with Crippen molar-refractivity contribution >= 4 is 33.2 Å². The van der Waals surface area contributed by atoms with Crippen molar-refractivity contribution in [1.29, 1.82) is 0 Å². The van der Waals surface area contributed by atoms with Gasteiger partial charge < -0.3 is 9.47 Å². The lowest BCUT2D eigenvalue weighted by Gasteiger charge is -2.10. The largest absolute Gasteiger partial charge is 0.488 e. The molecule has 5 heteroatoms. The van der Waals surface area contributed by atoms with Gasteiger partial charge in [0.1, 0.15) is 0 Å². The molecule has 1 aromatic carbocycles. The van der Waals surface area contributed by atoms with E-state index in [0.29, 0.717) is 10.6 Å². The summed E-state index contributed by atoms with van der Waals surface area (Å²) in [5.41, 5.74) is 1.04. The first-order valence-corrected chi connectivity index (χ1v) is 7.78. The molecule has 20 heavy (non-hydrogen) atoms. The van der Waals surface area contributed by atoms with Gasteiger partial charge in [-0.05, 0) is 35.3 Å². The highest BCUT2D eigenvalue weighted by Crippen LogP contribution is 2.46. The zero-order chi connectivity index (χ0) is 14.7. The molecule has 0 bridgehead atoms. The minimum atomic E-state index is -0.381. The third-order valence-corrected chi connectivity index (χ3v) is 4.79. The van der Waals surface area contributed by atoms with Gasteiger partial charge in [0.05, 0.1) is 22.6 Å². The van der Waals surface area contributed by atoms with Crippen molar-refractivity contribution in [2.75, 3.05) is 7.11 Å². The minimum Gasteiger partial charge on any atom is -0.488 e. The highest BCUT2D eigenvalue weighted by atomic mass is 79.9. The number of hydrogen-bond donors (Lipinski definition) is 0. The smallest absolute Gasteiger partial charge is 0.351 e. The summed E-state index contributed by atoms with van der Waals surface area (Å²) in [7, 11) is 1.37. The quantitative estimate of drug-likeness (QED) is 0.743. The van der Waals surface area contributed by atoms with Gasteiger partial charge in [-0.3, -0.25) is 0 Å². The van der Waals surface area contributed by atoms with Crippen LogP contribution in [0, 0.1) is 0 Å². The SMILES string of the molecule is COC(=O)c1sc(-c2ccccc2)c(Br)c1OC(C)C. The Morgan fingerprint density at radius 2 is 1.90 bits per heavy atom. The molecular weight excluding hydrogens is 340 g/mol. The number of esters is 1. The van der Waals surface area contributed by atoms with Gasteiger partial charge in [0.2, 0.25) is 0 Å². The van der Waals surface area contributed by atoms with Gasteiger partial charge in [-0.1, -0.05) is 30.3 Å². The van der Waals surface area contributed by atoms with Crippen LogP contribution in [0.3, 0.4) is 0 Å². The predicted octanol–water partition coefficient (Wildman–Crippen LogP) is 4.75. The number of hydrogen-bond acceptors (Lipinski definition) is 4. The summed E-state index contributed by atoms with van der Waals surface area (Å²) in [4.78, 5) is 13.3. The molecule has 0 fully saturated rings. The molecule has 0 atom stereocenters. The first-order valence-electron chi connectivity index (χ1n) is 6.17. The molecule has 106 valence electrons. The second-order valence-electron chi connectivity index (χ2n) is 4.43.